The Morgan fingerprint density at radius 3 is 2.50 bits per heavy atom. The fraction of sp³-hybridized carbons (Fsp3) is 0.333. The predicted molar refractivity (Wildman–Crippen MR) is 60.5 cm³/mol. The van der Waals surface area contributed by atoms with E-state index in [2.05, 4.69) is 19.6 Å². The van der Waals surface area contributed by atoms with Gasteiger partial charge in [-0.05, 0) is 32.4 Å². The van der Waals surface area contributed by atoms with Crippen molar-refractivity contribution in [1.82, 2.24) is 0 Å². The van der Waals surface area contributed by atoms with Crippen LogP contribution in [-0.2, 0) is 19.6 Å². The molecule has 1 rings (SSSR count). The van der Waals surface area contributed by atoms with Crippen molar-refractivity contribution in [2.24, 2.45) is 0 Å². The Morgan fingerprint density at radius 2 is 1.89 bits per heavy atom. The molecule has 18 heavy (non-hydrogen) atoms. The second-order valence-corrected chi connectivity index (χ2v) is 3.52. The zero-order valence-electron chi connectivity index (χ0n) is 10.4. The Hall–Kier alpha value is -2.08. The van der Waals surface area contributed by atoms with Crippen LogP contribution in [0.15, 0.2) is 18.2 Å². The summed E-state index contributed by atoms with van der Waals surface area (Å²) < 4.78 is 4.39. The van der Waals surface area contributed by atoms with Crippen LogP contribution < -0.4 is 0 Å². The van der Waals surface area contributed by atoms with Crippen molar-refractivity contribution < 1.29 is 29.1 Å². The van der Waals surface area contributed by atoms with Crippen molar-refractivity contribution in [3.63, 3.8) is 0 Å². The number of aryl methyl sites for hydroxylation is 2. The largest absolute Gasteiger partial charge is 0.543 e. The Balaban J connectivity index is 2.48. The highest BCUT2D eigenvalue weighted by atomic mass is 17.5. The van der Waals surface area contributed by atoms with Gasteiger partial charge in [0.05, 0.1) is 17.2 Å². The average Bonchev–Trinajstić information content (AvgIpc) is 2.29. The van der Waals surface area contributed by atoms with Crippen LogP contribution in [0.3, 0.4) is 0 Å². The third kappa shape index (κ3) is 4.06. The molecule has 0 heterocycles. The first-order valence-corrected chi connectivity index (χ1v) is 5.34. The summed E-state index contributed by atoms with van der Waals surface area (Å²) in [4.78, 5) is 30.6. The molecule has 6 heteroatoms. The molecule has 0 saturated carbocycles. The molecule has 0 fully saturated rings. The lowest BCUT2D eigenvalue weighted by atomic mass is 10.1. The number of rotatable bonds is 4. The maximum atomic E-state index is 11.5. The fourth-order valence-electron chi connectivity index (χ4n) is 1.31. The predicted octanol–water partition coefficient (Wildman–Crippen LogP) is 2.48. The molecular formula is C12H14O6. The van der Waals surface area contributed by atoms with E-state index in [0.717, 1.165) is 11.1 Å². The summed E-state index contributed by atoms with van der Waals surface area (Å²) in [6, 6.07) is 5.18. The van der Waals surface area contributed by atoms with E-state index in [-0.39, 0.29) is 6.61 Å². The van der Waals surface area contributed by atoms with Gasteiger partial charge in [0, 0.05) is 0 Å². The quantitative estimate of drug-likeness (QED) is 0.467. The van der Waals surface area contributed by atoms with Gasteiger partial charge < -0.3 is 4.74 Å². The lowest BCUT2D eigenvalue weighted by Crippen LogP contribution is -2.12. The highest BCUT2D eigenvalue weighted by molar-refractivity contribution is 5.90. The maximum Gasteiger partial charge on any atom is 0.543 e. The summed E-state index contributed by atoms with van der Waals surface area (Å²) in [5.41, 5.74) is 2.08. The molecule has 0 bridgehead atoms. The molecule has 1 aromatic rings. The first-order valence-electron chi connectivity index (χ1n) is 5.34. The van der Waals surface area contributed by atoms with Crippen LogP contribution in [0.4, 0.5) is 4.79 Å². The van der Waals surface area contributed by atoms with Gasteiger partial charge in [0.15, 0.2) is 0 Å². The maximum absolute atomic E-state index is 11.5. The van der Waals surface area contributed by atoms with E-state index in [4.69, 9.17) is 0 Å². The zero-order chi connectivity index (χ0) is 13.5. The average molecular weight is 254 g/mol. The minimum absolute atomic E-state index is 0.132. The molecule has 0 saturated heterocycles. The van der Waals surface area contributed by atoms with Crippen LogP contribution in [0.5, 0.6) is 0 Å². The molecule has 6 nitrogen and oxygen atoms in total. The van der Waals surface area contributed by atoms with Crippen molar-refractivity contribution in [2.45, 2.75) is 20.8 Å². The number of carbonyl (C=O) groups excluding carboxylic acids is 2. The third-order valence-electron chi connectivity index (χ3n) is 2.08. The number of carbonyl (C=O) groups is 2. The molecule has 98 valence electrons. The van der Waals surface area contributed by atoms with E-state index in [9.17, 15) is 9.59 Å². The van der Waals surface area contributed by atoms with Crippen LogP contribution in [-0.4, -0.2) is 18.7 Å². The van der Waals surface area contributed by atoms with Gasteiger partial charge in [-0.15, -0.1) is 0 Å². The van der Waals surface area contributed by atoms with E-state index in [1.54, 1.807) is 26.0 Å². The standard InChI is InChI=1S/C12H14O6/c1-4-15-12(14)17-18-16-11(13)10-6-5-8(2)7-9(10)3/h5-7H,4H2,1-3H3. The van der Waals surface area contributed by atoms with Crippen molar-refractivity contribution >= 4 is 12.1 Å². The summed E-state index contributed by atoms with van der Waals surface area (Å²) >= 11 is 0. The van der Waals surface area contributed by atoms with Crippen LogP contribution >= 0.6 is 0 Å². The van der Waals surface area contributed by atoms with Gasteiger partial charge in [0.2, 0.25) is 0 Å². The van der Waals surface area contributed by atoms with Gasteiger partial charge in [-0.25, -0.2) is 14.5 Å². The monoisotopic (exact) mass is 254 g/mol. The lowest BCUT2D eigenvalue weighted by molar-refractivity contribution is -0.452. The van der Waals surface area contributed by atoms with Crippen molar-refractivity contribution in [2.75, 3.05) is 6.61 Å². The molecule has 0 spiro atoms. The molecule has 1 aromatic carbocycles. The van der Waals surface area contributed by atoms with E-state index >= 15 is 0 Å². The summed E-state index contributed by atoms with van der Waals surface area (Å²) in [5, 5.41) is 4.03. The van der Waals surface area contributed by atoms with Crippen molar-refractivity contribution in [3.8, 4) is 0 Å². The molecule has 0 aromatic heterocycles. The highest BCUT2D eigenvalue weighted by Crippen LogP contribution is 2.12. The minimum atomic E-state index is -1.08. The van der Waals surface area contributed by atoms with E-state index < -0.39 is 12.1 Å². The molecule has 0 aliphatic carbocycles. The molecule has 0 radical (unpaired) electrons. The summed E-state index contributed by atoms with van der Waals surface area (Å²) in [6.07, 6.45) is -1.08. The van der Waals surface area contributed by atoms with Crippen LogP contribution in [0, 0.1) is 13.8 Å². The molecule has 0 aliphatic rings. The highest BCUT2D eigenvalue weighted by Gasteiger charge is 2.13. The van der Waals surface area contributed by atoms with Crippen LogP contribution in [0.25, 0.3) is 0 Å². The first kappa shape index (κ1) is 14.0. The van der Waals surface area contributed by atoms with Crippen LogP contribution in [0.2, 0.25) is 0 Å². The van der Waals surface area contributed by atoms with Crippen LogP contribution in [0.1, 0.15) is 28.4 Å². The Bertz CT molecular complexity index is 440. The molecule has 0 amide bonds. The third-order valence-corrected chi connectivity index (χ3v) is 2.08. The lowest BCUT2D eigenvalue weighted by Gasteiger charge is -2.05. The summed E-state index contributed by atoms with van der Waals surface area (Å²) in [7, 11) is 0. The number of ether oxygens (including phenoxy) is 1. The molecule has 0 unspecified atom stereocenters. The second kappa shape index (κ2) is 6.61. The minimum Gasteiger partial charge on any atom is -0.433 e. The van der Waals surface area contributed by atoms with Gasteiger partial charge in [0.1, 0.15) is 0 Å². The van der Waals surface area contributed by atoms with Gasteiger partial charge in [-0.2, -0.15) is 0 Å². The van der Waals surface area contributed by atoms with E-state index in [0.29, 0.717) is 5.56 Å². The number of hydrogen-bond acceptors (Lipinski definition) is 6. The molecule has 0 aliphatic heterocycles. The zero-order valence-corrected chi connectivity index (χ0v) is 10.4. The number of benzene rings is 1. The fourth-order valence-corrected chi connectivity index (χ4v) is 1.31. The van der Waals surface area contributed by atoms with Gasteiger partial charge in [-0.3, -0.25) is 4.89 Å². The first-order chi connectivity index (χ1) is 8.54. The topological polar surface area (TPSA) is 71.1 Å². The van der Waals surface area contributed by atoms with Gasteiger partial charge in [0.25, 0.3) is 0 Å². The Morgan fingerprint density at radius 1 is 1.17 bits per heavy atom. The van der Waals surface area contributed by atoms with Gasteiger partial charge in [-0.1, -0.05) is 17.7 Å². The molecule has 0 atom stereocenters. The van der Waals surface area contributed by atoms with Crippen molar-refractivity contribution in [3.05, 3.63) is 34.9 Å². The molecular weight excluding hydrogens is 240 g/mol. The Kier molecular flexibility index (Phi) is 5.13. The van der Waals surface area contributed by atoms with Crippen molar-refractivity contribution in [1.29, 1.82) is 0 Å². The second-order valence-electron chi connectivity index (χ2n) is 3.52. The summed E-state index contributed by atoms with van der Waals surface area (Å²) in [6.45, 7) is 5.40. The van der Waals surface area contributed by atoms with E-state index in [1.165, 1.54) is 0 Å². The molecule has 0 N–H and O–H groups in total. The number of hydrogen-bond donors (Lipinski definition) is 0. The summed E-state index contributed by atoms with van der Waals surface area (Å²) in [5.74, 6) is -0.753. The smallest absolute Gasteiger partial charge is 0.433 e. The van der Waals surface area contributed by atoms with Gasteiger partial charge >= 0.3 is 12.1 Å². The van der Waals surface area contributed by atoms with E-state index in [1.807, 2.05) is 13.0 Å². The Labute approximate surface area is 104 Å². The SMILES string of the molecule is CCOC(=O)OOOC(=O)c1ccc(C)cc1C. The normalized spacial score (nSPS) is 9.72.